The molecule has 0 saturated heterocycles. The van der Waals surface area contributed by atoms with Gasteiger partial charge in [-0.3, -0.25) is 4.79 Å². The van der Waals surface area contributed by atoms with Crippen molar-refractivity contribution in [3.63, 3.8) is 0 Å². The molecule has 2 aromatic carbocycles. The molecular weight excluding hydrogens is 267 g/mol. The number of halogens is 1. The number of para-hydroxylation sites is 1. The summed E-state index contributed by atoms with van der Waals surface area (Å²) >= 11 is 0. The average molecular weight is 282 g/mol. The van der Waals surface area contributed by atoms with Gasteiger partial charge in [0.05, 0.1) is 17.2 Å². The summed E-state index contributed by atoms with van der Waals surface area (Å²) in [6.07, 6.45) is 0.771. The molecule has 0 aliphatic rings. The van der Waals surface area contributed by atoms with Crippen LogP contribution >= 0.6 is 0 Å². The highest BCUT2D eigenvalue weighted by atomic mass is 19.1. The fourth-order valence-corrected chi connectivity index (χ4v) is 2.15. The van der Waals surface area contributed by atoms with E-state index >= 15 is 0 Å². The van der Waals surface area contributed by atoms with Crippen molar-refractivity contribution in [3.05, 3.63) is 64.5 Å². The predicted molar refractivity (Wildman–Crippen MR) is 79.6 cm³/mol. The number of carbonyl (C=O) groups is 1. The normalized spacial score (nSPS) is 10.0. The van der Waals surface area contributed by atoms with Crippen LogP contribution in [0.5, 0.6) is 0 Å². The van der Waals surface area contributed by atoms with Gasteiger partial charge in [0, 0.05) is 5.69 Å². The van der Waals surface area contributed by atoms with Crippen molar-refractivity contribution in [2.45, 2.75) is 20.3 Å². The Bertz CT molecular complexity index is 732. The van der Waals surface area contributed by atoms with Gasteiger partial charge in [0.2, 0.25) is 0 Å². The zero-order valence-corrected chi connectivity index (χ0v) is 11.9. The molecule has 0 heterocycles. The second kappa shape index (κ2) is 6.19. The number of nitrogens with zero attached hydrogens (tertiary/aromatic N) is 1. The molecule has 0 fully saturated rings. The molecule has 0 aromatic heterocycles. The Morgan fingerprint density at radius 2 is 2.10 bits per heavy atom. The van der Waals surface area contributed by atoms with Gasteiger partial charge in [-0.1, -0.05) is 25.1 Å². The lowest BCUT2D eigenvalue weighted by Crippen LogP contribution is -2.16. The molecule has 0 aliphatic heterocycles. The molecule has 1 N–H and O–H groups in total. The van der Waals surface area contributed by atoms with E-state index in [4.69, 9.17) is 5.26 Å². The third kappa shape index (κ3) is 3.09. The van der Waals surface area contributed by atoms with Crippen LogP contribution < -0.4 is 5.32 Å². The molecule has 0 aliphatic carbocycles. The number of hydrogen-bond donors (Lipinski definition) is 1. The molecule has 4 heteroatoms. The molecule has 3 nitrogen and oxygen atoms in total. The summed E-state index contributed by atoms with van der Waals surface area (Å²) in [5.74, 6) is -1.21. The van der Waals surface area contributed by atoms with Crippen LogP contribution in [0.1, 0.15) is 34.0 Å². The standard InChI is InChI=1S/C17H15FN2O/c1-3-13-6-4-5-11(2)16(13)20-17(21)14-8-7-12(10-19)9-15(14)18/h4-9H,3H2,1-2H3,(H,20,21). The van der Waals surface area contributed by atoms with Crippen LogP contribution in [0.4, 0.5) is 10.1 Å². The molecule has 106 valence electrons. The number of amides is 1. The minimum atomic E-state index is -0.696. The van der Waals surface area contributed by atoms with Crippen LogP contribution in [-0.4, -0.2) is 5.91 Å². The van der Waals surface area contributed by atoms with Gasteiger partial charge in [-0.05, 0) is 42.7 Å². The van der Waals surface area contributed by atoms with E-state index in [1.807, 2.05) is 38.1 Å². The maximum atomic E-state index is 13.9. The summed E-state index contributed by atoms with van der Waals surface area (Å²) in [6, 6.07) is 11.4. The van der Waals surface area contributed by atoms with E-state index in [1.165, 1.54) is 12.1 Å². The Labute approximate surface area is 123 Å². The number of benzene rings is 2. The topological polar surface area (TPSA) is 52.9 Å². The zero-order valence-electron chi connectivity index (χ0n) is 11.9. The van der Waals surface area contributed by atoms with Crippen LogP contribution in [0, 0.1) is 24.1 Å². The lowest BCUT2D eigenvalue weighted by Gasteiger charge is -2.13. The van der Waals surface area contributed by atoms with Crippen molar-refractivity contribution in [2.75, 3.05) is 5.32 Å². The van der Waals surface area contributed by atoms with Crippen molar-refractivity contribution in [1.29, 1.82) is 5.26 Å². The third-order valence-corrected chi connectivity index (χ3v) is 3.32. The molecule has 2 rings (SSSR count). The Morgan fingerprint density at radius 1 is 1.33 bits per heavy atom. The number of carbonyl (C=O) groups excluding carboxylic acids is 1. The first-order chi connectivity index (χ1) is 10.1. The number of anilines is 1. The minimum Gasteiger partial charge on any atom is -0.321 e. The molecule has 0 saturated carbocycles. The number of rotatable bonds is 3. The lowest BCUT2D eigenvalue weighted by molar-refractivity contribution is 0.102. The molecule has 21 heavy (non-hydrogen) atoms. The van der Waals surface area contributed by atoms with E-state index in [9.17, 15) is 9.18 Å². The Kier molecular flexibility index (Phi) is 4.34. The largest absolute Gasteiger partial charge is 0.321 e. The fraction of sp³-hybridized carbons (Fsp3) is 0.176. The van der Waals surface area contributed by atoms with Crippen molar-refractivity contribution < 1.29 is 9.18 Å². The number of nitriles is 1. The number of nitrogens with one attached hydrogen (secondary N) is 1. The predicted octanol–water partition coefficient (Wildman–Crippen LogP) is 3.82. The third-order valence-electron chi connectivity index (χ3n) is 3.32. The molecule has 1 amide bonds. The first-order valence-corrected chi connectivity index (χ1v) is 6.66. The van der Waals surface area contributed by atoms with E-state index < -0.39 is 11.7 Å². The SMILES string of the molecule is CCc1cccc(C)c1NC(=O)c1ccc(C#N)cc1F. The van der Waals surface area contributed by atoms with Crippen LogP contribution in [0.2, 0.25) is 0 Å². The summed E-state index contributed by atoms with van der Waals surface area (Å²) < 4.78 is 13.9. The lowest BCUT2D eigenvalue weighted by atomic mass is 10.0. The number of hydrogen-bond acceptors (Lipinski definition) is 2. The number of aryl methyl sites for hydroxylation is 2. The van der Waals surface area contributed by atoms with E-state index in [-0.39, 0.29) is 11.1 Å². The van der Waals surface area contributed by atoms with Gasteiger partial charge in [0.1, 0.15) is 5.82 Å². The quantitative estimate of drug-likeness (QED) is 0.930. The monoisotopic (exact) mass is 282 g/mol. The molecular formula is C17H15FN2O. The highest BCUT2D eigenvalue weighted by Gasteiger charge is 2.14. The van der Waals surface area contributed by atoms with Crippen LogP contribution in [0.15, 0.2) is 36.4 Å². The van der Waals surface area contributed by atoms with E-state index in [0.29, 0.717) is 5.69 Å². The van der Waals surface area contributed by atoms with Crippen LogP contribution in [0.25, 0.3) is 0 Å². The van der Waals surface area contributed by atoms with Crippen molar-refractivity contribution in [1.82, 2.24) is 0 Å². The van der Waals surface area contributed by atoms with Crippen molar-refractivity contribution in [2.24, 2.45) is 0 Å². The van der Waals surface area contributed by atoms with Gasteiger partial charge in [-0.2, -0.15) is 5.26 Å². The summed E-state index contributed by atoms with van der Waals surface area (Å²) in [5, 5.41) is 11.5. The Hall–Kier alpha value is -2.67. The molecule has 0 unspecified atom stereocenters. The van der Waals surface area contributed by atoms with Gasteiger partial charge in [-0.25, -0.2) is 4.39 Å². The molecule has 0 radical (unpaired) electrons. The van der Waals surface area contributed by atoms with Crippen molar-refractivity contribution >= 4 is 11.6 Å². The maximum absolute atomic E-state index is 13.9. The van der Waals surface area contributed by atoms with E-state index in [0.717, 1.165) is 23.6 Å². The molecule has 2 aromatic rings. The molecule has 0 spiro atoms. The smallest absolute Gasteiger partial charge is 0.258 e. The minimum absolute atomic E-state index is 0.0701. The Balaban J connectivity index is 2.33. The summed E-state index contributed by atoms with van der Waals surface area (Å²) in [4.78, 5) is 12.2. The van der Waals surface area contributed by atoms with Gasteiger partial charge in [-0.15, -0.1) is 0 Å². The van der Waals surface area contributed by atoms with Crippen molar-refractivity contribution in [3.8, 4) is 6.07 Å². The highest BCUT2D eigenvalue weighted by Crippen LogP contribution is 2.22. The Morgan fingerprint density at radius 3 is 2.71 bits per heavy atom. The van der Waals surface area contributed by atoms with Gasteiger partial charge in [0.15, 0.2) is 0 Å². The maximum Gasteiger partial charge on any atom is 0.258 e. The molecule has 0 bridgehead atoms. The van der Waals surface area contributed by atoms with Crippen LogP contribution in [0.3, 0.4) is 0 Å². The summed E-state index contributed by atoms with van der Waals surface area (Å²) in [5.41, 5.74) is 2.76. The molecule has 0 atom stereocenters. The summed E-state index contributed by atoms with van der Waals surface area (Å²) in [7, 11) is 0. The first-order valence-electron chi connectivity index (χ1n) is 6.66. The second-order valence-electron chi connectivity index (χ2n) is 4.72. The summed E-state index contributed by atoms with van der Waals surface area (Å²) in [6.45, 7) is 3.89. The fourth-order valence-electron chi connectivity index (χ4n) is 2.15. The van der Waals surface area contributed by atoms with Gasteiger partial charge in [0.25, 0.3) is 5.91 Å². The highest BCUT2D eigenvalue weighted by molar-refractivity contribution is 6.05. The zero-order chi connectivity index (χ0) is 15.4. The second-order valence-corrected chi connectivity index (χ2v) is 4.72. The van der Waals surface area contributed by atoms with E-state index in [1.54, 1.807) is 0 Å². The first kappa shape index (κ1) is 14.7. The van der Waals surface area contributed by atoms with Gasteiger partial charge >= 0.3 is 0 Å². The average Bonchev–Trinajstić information content (AvgIpc) is 2.48. The van der Waals surface area contributed by atoms with Gasteiger partial charge < -0.3 is 5.32 Å². The van der Waals surface area contributed by atoms with E-state index in [2.05, 4.69) is 5.32 Å². The van der Waals surface area contributed by atoms with Crippen LogP contribution in [-0.2, 0) is 6.42 Å².